The molecule has 17 heavy (non-hydrogen) atoms. The van der Waals surface area contributed by atoms with Gasteiger partial charge in [0, 0.05) is 18.8 Å². The summed E-state index contributed by atoms with van der Waals surface area (Å²) in [5, 5.41) is 12.3. The summed E-state index contributed by atoms with van der Waals surface area (Å²) in [6.07, 6.45) is 3.26. The lowest BCUT2D eigenvalue weighted by molar-refractivity contribution is 0.0437. The molecule has 1 fully saturated rings. The highest BCUT2D eigenvalue weighted by atomic mass is 16.5. The zero-order valence-corrected chi connectivity index (χ0v) is 9.86. The third-order valence-corrected chi connectivity index (χ3v) is 3.25. The number of ether oxygens (including phenoxy) is 1. The van der Waals surface area contributed by atoms with Crippen molar-refractivity contribution in [3.63, 3.8) is 0 Å². The van der Waals surface area contributed by atoms with E-state index in [0.29, 0.717) is 12.3 Å². The molecule has 0 spiro atoms. The van der Waals surface area contributed by atoms with Crippen LogP contribution in [-0.4, -0.2) is 29.8 Å². The quantitative estimate of drug-likeness (QED) is 0.835. The fourth-order valence-electron chi connectivity index (χ4n) is 1.96. The summed E-state index contributed by atoms with van der Waals surface area (Å²) in [5.74, 6) is -0.474. The Bertz CT molecular complexity index is 393. The molecule has 2 rings (SSSR count). The molecule has 0 aliphatic carbocycles. The fourth-order valence-corrected chi connectivity index (χ4v) is 1.96. The molecule has 0 atom stereocenters. The zero-order chi connectivity index (χ0) is 12.3. The molecule has 5 heteroatoms. The molecule has 0 unspecified atom stereocenters. The molecule has 5 nitrogen and oxygen atoms in total. The Morgan fingerprint density at radius 2 is 2.24 bits per heavy atom. The van der Waals surface area contributed by atoms with Crippen LogP contribution in [0.5, 0.6) is 0 Å². The number of hydrogen-bond acceptors (Lipinski definition) is 4. The van der Waals surface area contributed by atoms with Crippen LogP contribution >= 0.6 is 0 Å². The molecule has 1 aliphatic heterocycles. The van der Waals surface area contributed by atoms with Crippen molar-refractivity contribution in [1.82, 2.24) is 5.32 Å². The summed E-state index contributed by atoms with van der Waals surface area (Å²) in [4.78, 5) is 10.9. The van der Waals surface area contributed by atoms with Crippen LogP contribution in [0, 0.1) is 0 Å². The van der Waals surface area contributed by atoms with Crippen molar-refractivity contribution < 1.29 is 19.1 Å². The summed E-state index contributed by atoms with van der Waals surface area (Å²) in [6.45, 7) is 4.05. The van der Waals surface area contributed by atoms with Crippen LogP contribution in [0.3, 0.4) is 0 Å². The Morgan fingerprint density at radius 1 is 1.53 bits per heavy atom. The average Bonchev–Trinajstić information content (AvgIpc) is 2.76. The van der Waals surface area contributed by atoms with Gasteiger partial charge in [0.15, 0.2) is 0 Å². The van der Waals surface area contributed by atoms with Gasteiger partial charge < -0.3 is 19.6 Å². The van der Waals surface area contributed by atoms with Gasteiger partial charge in [0.1, 0.15) is 11.3 Å². The molecule has 0 amide bonds. The van der Waals surface area contributed by atoms with Gasteiger partial charge in [0.2, 0.25) is 0 Å². The molecular weight excluding hydrogens is 222 g/mol. The second kappa shape index (κ2) is 4.89. The Balaban J connectivity index is 1.97. The minimum absolute atomic E-state index is 0.000807. The van der Waals surface area contributed by atoms with Crippen molar-refractivity contribution in [1.29, 1.82) is 0 Å². The maximum atomic E-state index is 10.9. The largest absolute Gasteiger partial charge is 0.478 e. The molecule has 1 aromatic heterocycles. The summed E-state index contributed by atoms with van der Waals surface area (Å²) in [7, 11) is 0. The van der Waals surface area contributed by atoms with E-state index in [1.54, 1.807) is 0 Å². The molecular formula is C12H17NO4. The number of carbonyl (C=O) groups is 1. The van der Waals surface area contributed by atoms with E-state index >= 15 is 0 Å². The minimum atomic E-state index is -0.951. The monoisotopic (exact) mass is 239 g/mol. The average molecular weight is 239 g/mol. The van der Waals surface area contributed by atoms with Gasteiger partial charge in [0.05, 0.1) is 12.8 Å². The van der Waals surface area contributed by atoms with Crippen LogP contribution < -0.4 is 5.32 Å². The van der Waals surface area contributed by atoms with Gasteiger partial charge in [-0.25, -0.2) is 4.79 Å². The minimum Gasteiger partial charge on any atom is -0.478 e. The Labute approximate surface area is 99.8 Å². The van der Waals surface area contributed by atoms with Crippen molar-refractivity contribution in [2.75, 3.05) is 13.2 Å². The lowest BCUT2D eigenvalue weighted by atomic mass is 9.92. The van der Waals surface area contributed by atoms with Crippen molar-refractivity contribution in [3.8, 4) is 0 Å². The summed E-state index contributed by atoms with van der Waals surface area (Å²) in [6, 6.07) is 1.48. The van der Waals surface area contributed by atoms with Gasteiger partial charge >= 0.3 is 5.97 Å². The first-order valence-electron chi connectivity index (χ1n) is 5.73. The number of furan rings is 1. The van der Waals surface area contributed by atoms with E-state index in [1.807, 2.05) is 0 Å². The fraction of sp³-hybridized carbons (Fsp3) is 0.583. The number of rotatable bonds is 4. The predicted octanol–water partition coefficient (Wildman–Crippen LogP) is 1.64. The van der Waals surface area contributed by atoms with Gasteiger partial charge in [-0.15, -0.1) is 0 Å². The molecule has 2 heterocycles. The van der Waals surface area contributed by atoms with Gasteiger partial charge in [-0.3, -0.25) is 0 Å². The van der Waals surface area contributed by atoms with E-state index in [0.717, 1.165) is 26.1 Å². The van der Waals surface area contributed by atoms with E-state index in [9.17, 15) is 4.79 Å². The van der Waals surface area contributed by atoms with Crippen molar-refractivity contribution in [2.24, 2.45) is 0 Å². The molecule has 1 aliphatic rings. The van der Waals surface area contributed by atoms with Crippen LogP contribution in [0.15, 0.2) is 16.7 Å². The third-order valence-electron chi connectivity index (χ3n) is 3.25. The Morgan fingerprint density at radius 3 is 2.88 bits per heavy atom. The van der Waals surface area contributed by atoms with Crippen LogP contribution in [0.25, 0.3) is 0 Å². The van der Waals surface area contributed by atoms with Crippen molar-refractivity contribution in [3.05, 3.63) is 23.7 Å². The molecule has 0 radical (unpaired) electrons. The molecule has 0 aromatic carbocycles. The molecule has 94 valence electrons. The highest BCUT2D eigenvalue weighted by Gasteiger charge is 2.27. The molecule has 2 N–H and O–H groups in total. The maximum Gasteiger partial charge on any atom is 0.339 e. The third kappa shape index (κ3) is 2.87. The lowest BCUT2D eigenvalue weighted by Crippen LogP contribution is -2.46. The van der Waals surface area contributed by atoms with Crippen LogP contribution in [-0.2, 0) is 11.3 Å². The summed E-state index contributed by atoms with van der Waals surface area (Å²) >= 11 is 0. The SMILES string of the molecule is CC1(NCc2occc2C(=O)O)CCOCC1. The van der Waals surface area contributed by atoms with Gasteiger partial charge in [-0.2, -0.15) is 0 Å². The van der Waals surface area contributed by atoms with Crippen LogP contribution in [0.4, 0.5) is 0 Å². The number of nitrogens with one attached hydrogen (secondary N) is 1. The first-order chi connectivity index (χ1) is 8.11. The number of carboxylic acid groups (broad SMARTS) is 1. The van der Waals surface area contributed by atoms with E-state index in [1.165, 1.54) is 12.3 Å². The standard InChI is InChI=1S/C12H17NO4/c1-12(3-6-16-7-4-12)13-8-10-9(11(14)15)2-5-17-10/h2,5,13H,3-4,6-8H2,1H3,(H,14,15). The highest BCUT2D eigenvalue weighted by molar-refractivity contribution is 5.88. The van der Waals surface area contributed by atoms with E-state index in [4.69, 9.17) is 14.3 Å². The van der Waals surface area contributed by atoms with Gasteiger partial charge in [-0.05, 0) is 25.8 Å². The normalized spacial score (nSPS) is 19.1. The van der Waals surface area contributed by atoms with Crippen molar-refractivity contribution in [2.45, 2.75) is 31.8 Å². The topological polar surface area (TPSA) is 71.7 Å². The number of aromatic carboxylic acids is 1. The van der Waals surface area contributed by atoms with Crippen molar-refractivity contribution >= 4 is 5.97 Å². The molecule has 0 saturated carbocycles. The summed E-state index contributed by atoms with van der Waals surface area (Å²) < 4.78 is 10.5. The Hall–Kier alpha value is -1.33. The predicted molar refractivity (Wildman–Crippen MR) is 61.0 cm³/mol. The highest BCUT2D eigenvalue weighted by Crippen LogP contribution is 2.21. The summed E-state index contributed by atoms with van der Waals surface area (Å²) in [5.41, 5.74) is 0.231. The lowest BCUT2D eigenvalue weighted by Gasteiger charge is -2.34. The van der Waals surface area contributed by atoms with E-state index < -0.39 is 5.97 Å². The first kappa shape index (κ1) is 12.1. The molecule has 0 bridgehead atoms. The van der Waals surface area contributed by atoms with E-state index in [2.05, 4.69) is 12.2 Å². The van der Waals surface area contributed by atoms with E-state index in [-0.39, 0.29) is 11.1 Å². The molecule has 1 aromatic rings. The number of hydrogen-bond donors (Lipinski definition) is 2. The van der Waals surface area contributed by atoms with Crippen LogP contribution in [0.2, 0.25) is 0 Å². The first-order valence-corrected chi connectivity index (χ1v) is 5.73. The maximum absolute atomic E-state index is 10.9. The van der Waals surface area contributed by atoms with Crippen LogP contribution in [0.1, 0.15) is 35.9 Å². The molecule has 1 saturated heterocycles. The number of carboxylic acids is 1. The zero-order valence-electron chi connectivity index (χ0n) is 9.86. The second-order valence-electron chi connectivity index (χ2n) is 4.59. The van der Waals surface area contributed by atoms with Gasteiger partial charge in [0.25, 0.3) is 0 Å². The van der Waals surface area contributed by atoms with Gasteiger partial charge in [-0.1, -0.05) is 0 Å². The Kier molecular flexibility index (Phi) is 3.49. The smallest absolute Gasteiger partial charge is 0.339 e. The second-order valence-corrected chi connectivity index (χ2v) is 4.59.